The molecule has 1 atom stereocenters. The zero-order valence-corrected chi connectivity index (χ0v) is 14.9. The molecule has 132 valence electrons. The predicted molar refractivity (Wildman–Crippen MR) is 96.1 cm³/mol. The van der Waals surface area contributed by atoms with Gasteiger partial charge in [-0.15, -0.1) is 0 Å². The lowest BCUT2D eigenvalue weighted by molar-refractivity contribution is -0.124. The lowest BCUT2D eigenvalue weighted by Crippen LogP contribution is -2.31. The van der Waals surface area contributed by atoms with Gasteiger partial charge < -0.3 is 10.1 Å². The van der Waals surface area contributed by atoms with Crippen molar-refractivity contribution in [1.82, 2.24) is 10.3 Å². The predicted octanol–water partition coefficient (Wildman–Crippen LogP) is 3.31. The number of aromatic nitrogens is 1. The largest absolute Gasteiger partial charge is 0.452 e. The summed E-state index contributed by atoms with van der Waals surface area (Å²) in [4.78, 5) is 27.6. The molecule has 1 heterocycles. The lowest BCUT2D eigenvalue weighted by atomic mass is 10.00. The molecule has 0 unspecified atom stereocenters. The summed E-state index contributed by atoms with van der Waals surface area (Å²) in [6.07, 6.45) is 4.00. The Morgan fingerprint density at radius 2 is 1.84 bits per heavy atom. The molecule has 1 N–H and O–H groups in total. The van der Waals surface area contributed by atoms with Crippen LogP contribution in [-0.2, 0) is 16.0 Å². The monoisotopic (exact) mass is 340 g/mol. The maximum absolute atomic E-state index is 12.0. The summed E-state index contributed by atoms with van der Waals surface area (Å²) >= 11 is 0. The maximum Gasteiger partial charge on any atom is 0.340 e. The number of nitrogens with one attached hydrogen (secondary N) is 1. The maximum atomic E-state index is 12.0. The van der Waals surface area contributed by atoms with Gasteiger partial charge in [-0.1, -0.05) is 38.1 Å². The Hall–Kier alpha value is -2.69. The van der Waals surface area contributed by atoms with Crippen LogP contribution in [0.25, 0.3) is 0 Å². The van der Waals surface area contributed by atoms with Gasteiger partial charge in [-0.2, -0.15) is 0 Å². The number of amides is 1. The van der Waals surface area contributed by atoms with E-state index in [-0.39, 0.29) is 18.6 Å². The van der Waals surface area contributed by atoms with Crippen LogP contribution in [0.3, 0.4) is 0 Å². The molecule has 0 fully saturated rings. The number of ether oxygens (including phenoxy) is 1. The topological polar surface area (TPSA) is 68.3 Å². The van der Waals surface area contributed by atoms with E-state index >= 15 is 0 Å². The molecule has 1 aromatic carbocycles. The minimum Gasteiger partial charge on any atom is -0.452 e. The summed E-state index contributed by atoms with van der Waals surface area (Å²) in [7, 11) is 0. The molecule has 2 rings (SSSR count). The zero-order chi connectivity index (χ0) is 18.2. The first-order chi connectivity index (χ1) is 12.0. The van der Waals surface area contributed by atoms with Gasteiger partial charge in [0.2, 0.25) is 0 Å². The van der Waals surface area contributed by atoms with Crippen molar-refractivity contribution in [2.45, 2.75) is 33.2 Å². The van der Waals surface area contributed by atoms with E-state index in [1.54, 1.807) is 18.3 Å². The minimum atomic E-state index is -0.561. The molecule has 0 saturated carbocycles. The van der Waals surface area contributed by atoms with Crippen LogP contribution in [-0.4, -0.2) is 23.5 Å². The molecule has 0 aliphatic heterocycles. The quantitative estimate of drug-likeness (QED) is 0.785. The van der Waals surface area contributed by atoms with Crippen molar-refractivity contribution in [3.8, 4) is 0 Å². The summed E-state index contributed by atoms with van der Waals surface area (Å²) in [5, 5.41) is 2.83. The van der Waals surface area contributed by atoms with Crippen LogP contribution in [0.15, 0.2) is 48.8 Å². The smallest absolute Gasteiger partial charge is 0.340 e. The number of nitrogens with zero attached hydrogens (tertiary/aromatic N) is 1. The molecule has 0 aliphatic carbocycles. The number of esters is 1. The average molecular weight is 340 g/mol. The molecule has 0 bridgehead atoms. The van der Waals surface area contributed by atoms with Crippen LogP contribution in [0, 0.1) is 5.92 Å². The number of rotatable bonds is 7. The van der Waals surface area contributed by atoms with Gasteiger partial charge in [-0.05, 0) is 42.5 Å². The molecule has 25 heavy (non-hydrogen) atoms. The highest BCUT2D eigenvalue weighted by Gasteiger charge is 2.13. The highest BCUT2D eigenvalue weighted by molar-refractivity contribution is 5.90. The highest BCUT2D eigenvalue weighted by Crippen LogP contribution is 2.15. The standard InChI is InChI=1S/C20H24N2O3/c1-14(2)11-16-6-8-17(9-7-16)15(3)22-19(23)13-25-20(24)18-5-4-10-21-12-18/h4-10,12,14-15H,11,13H2,1-3H3,(H,22,23)/t15-/m0/s1. The van der Waals surface area contributed by atoms with E-state index in [1.165, 1.54) is 11.8 Å². The SMILES string of the molecule is CC(C)Cc1ccc([C@H](C)NC(=O)COC(=O)c2cccnc2)cc1. The van der Waals surface area contributed by atoms with Crippen molar-refractivity contribution in [3.63, 3.8) is 0 Å². The third kappa shape index (κ3) is 6.03. The van der Waals surface area contributed by atoms with E-state index in [9.17, 15) is 9.59 Å². The summed E-state index contributed by atoms with van der Waals surface area (Å²) in [5.74, 6) is -0.289. The van der Waals surface area contributed by atoms with Gasteiger partial charge in [0.25, 0.3) is 5.91 Å². The van der Waals surface area contributed by atoms with Gasteiger partial charge >= 0.3 is 5.97 Å². The number of benzene rings is 1. The van der Waals surface area contributed by atoms with E-state index in [4.69, 9.17) is 4.74 Å². The normalized spacial score (nSPS) is 11.8. The van der Waals surface area contributed by atoms with Crippen LogP contribution in [0.4, 0.5) is 0 Å². The first-order valence-electron chi connectivity index (χ1n) is 8.41. The van der Waals surface area contributed by atoms with Gasteiger partial charge in [0.05, 0.1) is 11.6 Å². The third-order valence-electron chi connectivity index (χ3n) is 3.73. The number of hydrogen-bond acceptors (Lipinski definition) is 4. The lowest BCUT2D eigenvalue weighted by Gasteiger charge is -2.15. The summed E-state index contributed by atoms with van der Waals surface area (Å²) in [5.41, 5.74) is 2.62. The van der Waals surface area contributed by atoms with Crippen molar-refractivity contribution in [1.29, 1.82) is 0 Å². The van der Waals surface area contributed by atoms with E-state index in [0.717, 1.165) is 12.0 Å². The molecular weight excluding hydrogens is 316 g/mol. The van der Waals surface area contributed by atoms with Crippen LogP contribution in [0.5, 0.6) is 0 Å². The van der Waals surface area contributed by atoms with Crippen LogP contribution >= 0.6 is 0 Å². The Labute approximate surface area is 148 Å². The van der Waals surface area contributed by atoms with Crippen molar-refractivity contribution in [2.24, 2.45) is 5.92 Å². The van der Waals surface area contributed by atoms with Gasteiger partial charge in [0.15, 0.2) is 6.61 Å². The molecule has 2 aromatic rings. The molecule has 0 aliphatic rings. The number of carbonyl (C=O) groups excluding carboxylic acids is 2. The van der Waals surface area contributed by atoms with Gasteiger partial charge in [-0.25, -0.2) is 4.79 Å². The fourth-order valence-corrected chi connectivity index (χ4v) is 2.48. The Morgan fingerprint density at radius 3 is 2.44 bits per heavy atom. The molecule has 5 heteroatoms. The first kappa shape index (κ1) is 18.6. The highest BCUT2D eigenvalue weighted by atomic mass is 16.5. The third-order valence-corrected chi connectivity index (χ3v) is 3.73. The summed E-state index contributed by atoms with van der Waals surface area (Å²) < 4.78 is 5.00. The minimum absolute atomic E-state index is 0.155. The Kier molecular flexibility index (Phi) is 6.69. The van der Waals surface area contributed by atoms with Crippen LogP contribution in [0.1, 0.15) is 48.3 Å². The number of pyridine rings is 1. The van der Waals surface area contributed by atoms with Gasteiger partial charge in [-0.3, -0.25) is 9.78 Å². The van der Waals surface area contributed by atoms with E-state index < -0.39 is 5.97 Å². The van der Waals surface area contributed by atoms with Crippen molar-refractivity contribution < 1.29 is 14.3 Å². The van der Waals surface area contributed by atoms with Crippen LogP contribution < -0.4 is 5.32 Å². The number of hydrogen-bond donors (Lipinski definition) is 1. The van der Waals surface area contributed by atoms with E-state index in [2.05, 4.69) is 36.3 Å². The van der Waals surface area contributed by atoms with Gasteiger partial charge in [0.1, 0.15) is 0 Å². The second kappa shape index (κ2) is 8.97. The second-order valence-electron chi connectivity index (χ2n) is 6.45. The first-order valence-corrected chi connectivity index (χ1v) is 8.41. The molecule has 5 nitrogen and oxygen atoms in total. The molecule has 1 aromatic heterocycles. The Bertz CT molecular complexity index is 697. The number of carbonyl (C=O) groups is 2. The van der Waals surface area contributed by atoms with Crippen LogP contribution in [0.2, 0.25) is 0 Å². The van der Waals surface area contributed by atoms with E-state index in [0.29, 0.717) is 11.5 Å². The summed E-state index contributed by atoms with van der Waals surface area (Å²) in [6, 6.07) is 11.3. The second-order valence-corrected chi connectivity index (χ2v) is 6.45. The molecular formula is C20H24N2O3. The van der Waals surface area contributed by atoms with Crippen molar-refractivity contribution >= 4 is 11.9 Å². The molecule has 1 amide bonds. The van der Waals surface area contributed by atoms with E-state index in [1.807, 2.05) is 19.1 Å². The average Bonchev–Trinajstić information content (AvgIpc) is 2.60. The fourth-order valence-electron chi connectivity index (χ4n) is 2.48. The van der Waals surface area contributed by atoms with Gasteiger partial charge in [0, 0.05) is 12.4 Å². The molecule has 0 spiro atoms. The Balaban J connectivity index is 1.82. The van der Waals surface area contributed by atoms with Crippen molar-refractivity contribution in [3.05, 3.63) is 65.5 Å². The molecule has 0 saturated heterocycles. The zero-order valence-electron chi connectivity index (χ0n) is 14.9. The Morgan fingerprint density at radius 1 is 1.12 bits per heavy atom. The fraction of sp³-hybridized carbons (Fsp3) is 0.350. The summed E-state index contributed by atoms with van der Waals surface area (Å²) in [6.45, 7) is 5.95. The molecule has 0 radical (unpaired) electrons. The van der Waals surface area contributed by atoms with Crippen molar-refractivity contribution in [2.75, 3.05) is 6.61 Å².